The molecule has 0 aromatic carbocycles. The molecule has 3 rings (SSSR count). The third-order valence-electron chi connectivity index (χ3n) is 4.67. The summed E-state index contributed by atoms with van der Waals surface area (Å²) >= 11 is 0. The van der Waals surface area contributed by atoms with E-state index in [1.165, 1.54) is 44.9 Å². The van der Waals surface area contributed by atoms with Gasteiger partial charge in [0.15, 0.2) is 0 Å². The molecule has 1 atom stereocenters. The van der Waals surface area contributed by atoms with Crippen LogP contribution in [-0.4, -0.2) is 18.7 Å². The van der Waals surface area contributed by atoms with E-state index in [4.69, 9.17) is 4.74 Å². The molecule has 0 aromatic heterocycles. The lowest BCUT2D eigenvalue weighted by atomic mass is 9.83. The Bertz CT molecular complexity index is 337. The molecule has 1 N–H and O–H groups in total. The van der Waals surface area contributed by atoms with Crippen molar-refractivity contribution in [2.24, 2.45) is 5.92 Å². The van der Waals surface area contributed by atoms with E-state index in [1.54, 1.807) is 5.57 Å². The van der Waals surface area contributed by atoms with Gasteiger partial charge in [-0.25, -0.2) is 0 Å². The fraction of sp³-hybridized carbons (Fsp3) is 0.765. The van der Waals surface area contributed by atoms with Gasteiger partial charge in [0.2, 0.25) is 0 Å². The van der Waals surface area contributed by atoms with Crippen LogP contribution in [-0.2, 0) is 4.74 Å². The lowest BCUT2D eigenvalue weighted by Crippen LogP contribution is -2.25. The van der Waals surface area contributed by atoms with Gasteiger partial charge in [-0.05, 0) is 56.6 Å². The number of nitrogens with one attached hydrogen (secondary N) is 1. The molecule has 0 spiro atoms. The molecule has 0 aromatic rings. The standard InChI is InChI=1S/C17H27NO/c1-2-6-14(7-3-1)15(13-18-16-9-10-16)12-17-8-4-5-11-19-17/h5,11-12,14,16-18H,1-4,6-10,13H2. The predicted octanol–water partition coefficient (Wildman–Crippen LogP) is 3.94. The molecule has 1 unspecified atom stereocenters. The second-order valence-corrected chi connectivity index (χ2v) is 6.36. The Morgan fingerprint density at radius 2 is 1.95 bits per heavy atom. The summed E-state index contributed by atoms with van der Waals surface area (Å²) in [7, 11) is 0. The van der Waals surface area contributed by atoms with E-state index in [9.17, 15) is 0 Å². The Morgan fingerprint density at radius 3 is 2.63 bits per heavy atom. The molecule has 2 saturated carbocycles. The van der Waals surface area contributed by atoms with Crippen molar-refractivity contribution in [3.05, 3.63) is 24.0 Å². The Balaban J connectivity index is 1.62. The fourth-order valence-corrected chi connectivity index (χ4v) is 3.28. The summed E-state index contributed by atoms with van der Waals surface area (Å²) in [6.07, 6.45) is 18.9. The summed E-state index contributed by atoms with van der Waals surface area (Å²) in [5, 5.41) is 3.70. The van der Waals surface area contributed by atoms with Gasteiger partial charge in [0.05, 0.1) is 6.26 Å². The lowest BCUT2D eigenvalue weighted by molar-refractivity contribution is 0.163. The first-order chi connectivity index (χ1) is 9.42. The van der Waals surface area contributed by atoms with E-state index >= 15 is 0 Å². The van der Waals surface area contributed by atoms with Crippen LogP contribution in [0, 0.1) is 5.92 Å². The first-order valence-corrected chi connectivity index (χ1v) is 8.16. The van der Waals surface area contributed by atoms with Gasteiger partial charge < -0.3 is 10.1 Å². The van der Waals surface area contributed by atoms with Gasteiger partial charge in [0, 0.05) is 12.6 Å². The minimum Gasteiger partial charge on any atom is -0.494 e. The molecule has 106 valence electrons. The smallest absolute Gasteiger partial charge is 0.117 e. The van der Waals surface area contributed by atoms with Crippen LogP contribution in [0.5, 0.6) is 0 Å². The Kier molecular flexibility index (Phi) is 4.60. The highest BCUT2D eigenvalue weighted by Crippen LogP contribution is 2.31. The quantitative estimate of drug-likeness (QED) is 0.757. The summed E-state index contributed by atoms with van der Waals surface area (Å²) in [5.41, 5.74) is 1.63. The van der Waals surface area contributed by atoms with Crippen molar-refractivity contribution in [2.45, 2.75) is 69.9 Å². The summed E-state index contributed by atoms with van der Waals surface area (Å²) < 4.78 is 5.74. The van der Waals surface area contributed by atoms with Crippen LogP contribution < -0.4 is 5.32 Å². The zero-order valence-corrected chi connectivity index (χ0v) is 11.9. The highest BCUT2D eigenvalue weighted by molar-refractivity contribution is 5.14. The van der Waals surface area contributed by atoms with Crippen molar-refractivity contribution in [1.82, 2.24) is 5.32 Å². The largest absolute Gasteiger partial charge is 0.494 e. The molecule has 0 amide bonds. The van der Waals surface area contributed by atoms with Crippen molar-refractivity contribution in [1.29, 1.82) is 0 Å². The maximum atomic E-state index is 5.74. The third-order valence-corrected chi connectivity index (χ3v) is 4.67. The molecular weight excluding hydrogens is 234 g/mol. The molecule has 1 heterocycles. The van der Waals surface area contributed by atoms with Crippen LogP contribution >= 0.6 is 0 Å². The zero-order chi connectivity index (χ0) is 12.9. The van der Waals surface area contributed by atoms with Crippen LogP contribution in [0.2, 0.25) is 0 Å². The van der Waals surface area contributed by atoms with Gasteiger partial charge in [-0.1, -0.05) is 24.8 Å². The highest BCUT2D eigenvalue weighted by atomic mass is 16.5. The van der Waals surface area contributed by atoms with Crippen molar-refractivity contribution in [3.8, 4) is 0 Å². The molecule has 2 fully saturated rings. The highest BCUT2D eigenvalue weighted by Gasteiger charge is 2.24. The van der Waals surface area contributed by atoms with E-state index in [2.05, 4.69) is 17.5 Å². The molecule has 2 aliphatic carbocycles. The normalized spacial score (nSPS) is 29.3. The third kappa shape index (κ3) is 4.10. The van der Waals surface area contributed by atoms with Gasteiger partial charge in [0.1, 0.15) is 6.10 Å². The molecule has 0 saturated heterocycles. The van der Waals surface area contributed by atoms with Crippen molar-refractivity contribution in [3.63, 3.8) is 0 Å². The fourth-order valence-electron chi connectivity index (χ4n) is 3.28. The Morgan fingerprint density at radius 1 is 1.11 bits per heavy atom. The number of ether oxygens (including phenoxy) is 1. The number of hydrogen-bond acceptors (Lipinski definition) is 2. The van der Waals surface area contributed by atoms with E-state index in [0.717, 1.165) is 31.3 Å². The molecule has 3 aliphatic rings. The molecule has 0 radical (unpaired) electrons. The van der Waals surface area contributed by atoms with Gasteiger partial charge >= 0.3 is 0 Å². The molecular formula is C17H27NO. The average molecular weight is 261 g/mol. The van der Waals surface area contributed by atoms with Crippen LogP contribution in [0.15, 0.2) is 24.0 Å². The van der Waals surface area contributed by atoms with Gasteiger partial charge in [0.25, 0.3) is 0 Å². The van der Waals surface area contributed by atoms with Crippen molar-refractivity contribution in [2.75, 3.05) is 6.54 Å². The number of hydrogen-bond donors (Lipinski definition) is 1. The van der Waals surface area contributed by atoms with Crippen LogP contribution in [0.1, 0.15) is 57.8 Å². The zero-order valence-electron chi connectivity index (χ0n) is 11.9. The van der Waals surface area contributed by atoms with Gasteiger partial charge in [-0.2, -0.15) is 0 Å². The van der Waals surface area contributed by atoms with E-state index in [1.807, 2.05) is 6.26 Å². The van der Waals surface area contributed by atoms with Crippen LogP contribution in [0.3, 0.4) is 0 Å². The van der Waals surface area contributed by atoms with Crippen LogP contribution in [0.4, 0.5) is 0 Å². The first-order valence-electron chi connectivity index (χ1n) is 8.16. The summed E-state index contributed by atoms with van der Waals surface area (Å²) in [4.78, 5) is 0. The second-order valence-electron chi connectivity index (χ2n) is 6.36. The topological polar surface area (TPSA) is 21.3 Å². The van der Waals surface area contributed by atoms with E-state index < -0.39 is 0 Å². The molecule has 0 bridgehead atoms. The molecule has 2 heteroatoms. The maximum Gasteiger partial charge on any atom is 0.117 e. The Labute approximate surface area is 117 Å². The lowest BCUT2D eigenvalue weighted by Gasteiger charge is -2.27. The van der Waals surface area contributed by atoms with Crippen molar-refractivity contribution < 1.29 is 4.74 Å². The van der Waals surface area contributed by atoms with Gasteiger partial charge in [-0.3, -0.25) is 0 Å². The number of allylic oxidation sites excluding steroid dienone is 1. The SMILES string of the molecule is C1=COC(C=C(CNC2CC2)C2CCCCC2)CC1. The average Bonchev–Trinajstić information content (AvgIpc) is 3.30. The second kappa shape index (κ2) is 6.60. The molecule has 1 aliphatic heterocycles. The summed E-state index contributed by atoms with van der Waals surface area (Å²) in [6.45, 7) is 1.10. The minimum atomic E-state index is 0.322. The van der Waals surface area contributed by atoms with Crippen LogP contribution in [0.25, 0.3) is 0 Å². The molecule has 2 nitrogen and oxygen atoms in total. The summed E-state index contributed by atoms with van der Waals surface area (Å²) in [6, 6.07) is 0.805. The maximum absolute atomic E-state index is 5.74. The van der Waals surface area contributed by atoms with Crippen molar-refractivity contribution >= 4 is 0 Å². The monoisotopic (exact) mass is 261 g/mol. The van der Waals surface area contributed by atoms with Gasteiger partial charge in [-0.15, -0.1) is 0 Å². The Hall–Kier alpha value is -0.760. The number of rotatable bonds is 5. The predicted molar refractivity (Wildman–Crippen MR) is 78.9 cm³/mol. The van der Waals surface area contributed by atoms with E-state index in [0.29, 0.717) is 6.10 Å². The molecule has 19 heavy (non-hydrogen) atoms. The van der Waals surface area contributed by atoms with E-state index in [-0.39, 0.29) is 0 Å². The summed E-state index contributed by atoms with van der Waals surface area (Å²) in [5.74, 6) is 0.814. The minimum absolute atomic E-state index is 0.322. The first kappa shape index (κ1) is 13.2.